The Morgan fingerprint density at radius 1 is 1.03 bits per heavy atom. The van der Waals surface area contributed by atoms with Gasteiger partial charge in [-0.2, -0.15) is 0 Å². The standard InChI is InChI=1S/C30H43N3OS/c1-5-30(4)14-13-29(2,3)24-10-9-23(19-25(24)30)26-21-35-28(31-26)22-11-17-32(18-12-22)20-27(34)33-15-7-6-8-16-33/h9-10,19,21-22H,5-8,11-18,20H2,1-4H3. The van der Waals surface area contributed by atoms with E-state index in [1.165, 1.54) is 60.2 Å². The van der Waals surface area contributed by atoms with Crippen molar-refractivity contribution in [1.29, 1.82) is 0 Å². The topological polar surface area (TPSA) is 36.4 Å². The second kappa shape index (κ2) is 9.97. The van der Waals surface area contributed by atoms with Gasteiger partial charge in [0.2, 0.25) is 5.91 Å². The first-order valence-electron chi connectivity index (χ1n) is 13.9. The van der Waals surface area contributed by atoms with Gasteiger partial charge >= 0.3 is 0 Å². The average molecular weight is 494 g/mol. The Balaban J connectivity index is 1.25. The Bertz CT molecular complexity index is 1050. The van der Waals surface area contributed by atoms with Gasteiger partial charge in [0.15, 0.2) is 0 Å². The molecule has 0 radical (unpaired) electrons. The molecular formula is C30H43N3OS. The van der Waals surface area contributed by atoms with Gasteiger partial charge in [-0.3, -0.25) is 9.69 Å². The van der Waals surface area contributed by atoms with Gasteiger partial charge in [-0.15, -0.1) is 11.3 Å². The first-order valence-corrected chi connectivity index (χ1v) is 14.8. The minimum absolute atomic E-state index is 0.249. The lowest BCUT2D eigenvalue weighted by Crippen LogP contribution is -2.44. The summed E-state index contributed by atoms with van der Waals surface area (Å²) in [5, 5.41) is 3.54. The number of aromatic nitrogens is 1. The fraction of sp³-hybridized carbons (Fsp3) is 0.667. The molecule has 5 rings (SSSR count). The van der Waals surface area contributed by atoms with Gasteiger partial charge in [-0.1, -0.05) is 39.8 Å². The quantitative estimate of drug-likeness (QED) is 0.463. The number of nitrogens with zero attached hydrogens (tertiary/aromatic N) is 3. The summed E-state index contributed by atoms with van der Waals surface area (Å²) in [5.41, 5.74) is 5.98. The Hall–Kier alpha value is -1.72. The van der Waals surface area contributed by atoms with E-state index in [2.05, 4.69) is 61.1 Å². The molecule has 2 aromatic rings. The van der Waals surface area contributed by atoms with Crippen LogP contribution >= 0.6 is 11.3 Å². The third-order valence-electron chi connectivity index (χ3n) is 9.30. The fourth-order valence-electron chi connectivity index (χ4n) is 6.40. The van der Waals surface area contributed by atoms with Crippen LogP contribution in [0.2, 0.25) is 0 Å². The molecule has 3 aliphatic rings. The number of benzene rings is 1. The second-order valence-corrected chi connectivity index (χ2v) is 13.0. The van der Waals surface area contributed by atoms with E-state index in [1.54, 1.807) is 0 Å². The number of carbonyl (C=O) groups excluding carboxylic acids is 1. The summed E-state index contributed by atoms with van der Waals surface area (Å²) in [6.07, 6.45) is 9.51. The molecule has 3 heterocycles. The number of rotatable bonds is 5. The van der Waals surface area contributed by atoms with Crippen molar-refractivity contribution in [1.82, 2.24) is 14.8 Å². The number of thiazole rings is 1. The maximum atomic E-state index is 12.7. The van der Waals surface area contributed by atoms with Crippen LogP contribution in [0.25, 0.3) is 11.3 Å². The van der Waals surface area contributed by atoms with Crippen molar-refractivity contribution in [3.63, 3.8) is 0 Å². The normalized spacial score (nSPS) is 25.4. The zero-order chi connectivity index (χ0) is 24.6. The van der Waals surface area contributed by atoms with Gasteiger partial charge in [0.05, 0.1) is 17.2 Å². The average Bonchev–Trinajstić information content (AvgIpc) is 3.38. The van der Waals surface area contributed by atoms with Crippen LogP contribution in [0.5, 0.6) is 0 Å². The molecule has 0 bridgehead atoms. The summed E-state index contributed by atoms with van der Waals surface area (Å²) < 4.78 is 0. The lowest BCUT2D eigenvalue weighted by atomic mass is 9.61. The highest BCUT2D eigenvalue weighted by Gasteiger charge is 2.39. The number of hydrogen-bond acceptors (Lipinski definition) is 4. The summed E-state index contributed by atoms with van der Waals surface area (Å²) in [7, 11) is 0. The molecule has 0 saturated carbocycles. The molecule has 1 atom stereocenters. The van der Waals surface area contributed by atoms with Gasteiger partial charge in [-0.05, 0) is 92.5 Å². The van der Waals surface area contributed by atoms with Gasteiger partial charge in [0.25, 0.3) is 0 Å². The molecule has 1 aromatic heterocycles. The van der Waals surface area contributed by atoms with Gasteiger partial charge in [0.1, 0.15) is 0 Å². The molecule has 2 fully saturated rings. The minimum atomic E-state index is 0.249. The predicted molar refractivity (Wildman–Crippen MR) is 146 cm³/mol. The molecule has 190 valence electrons. The van der Waals surface area contributed by atoms with E-state index in [9.17, 15) is 4.79 Å². The van der Waals surface area contributed by atoms with Crippen molar-refractivity contribution in [2.24, 2.45) is 0 Å². The molecule has 1 amide bonds. The van der Waals surface area contributed by atoms with Crippen molar-refractivity contribution < 1.29 is 4.79 Å². The molecule has 1 aromatic carbocycles. The van der Waals surface area contributed by atoms with Crippen molar-refractivity contribution in [3.05, 3.63) is 39.7 Å². The minimum Gasteiger partial charge on any atom is -0.342 e. The summed E-state index contributed by atoms with van der Waals surface area (Å²) >= 11 is 1.83. The molecule has 4 nitrogen and oxygen atoms in total. The third-order valence-corrected chi connectivity index (χ3v) is 10.3. The molecule has 1 unspecified atom stereocenters. The van der Waals surface area contributed by atoms with Gasteiger partial charge in [-0.25, -0.2) is 4.98 Å². The summed E-state index contributed by atoms with van der Waals surface area (Å²) in [4.78, 5) is 22.2. The van der Waals surface area contributed by atoms with E-state index in [0.717, 1.165) is 44.7 Å². The van der Waals surface area contributed by atoms with Crippen LogP contribution in [0.1, 0.15) is 101 Å². The van der Waals surface area contributed by atoms with E-state index >= 15 is 0 Å². The molecule has 2 aliphatic heterocycles. The lowest BCUT2D eigenvalue weighted by molar-refractivity contribution is -0.133. The van der Waals surface area contributed by atoms with Crippen molar-refractivity contribution >= 4 is 17.2 Å². The second-order valence-electron chi connectivity index (χ2n) is 12.1. The van der Waals surface area contributed by atoms with Gasteiger partial charge < -0.3 is 4.90 Å². The maximum absolute atomic E-state index is 12.7. The SMILES string of the molecule is CCC1(C)CCC(C)(C)c2ccc(-c3csc(C4CCN(CC(=O)N5CCCCC5)CC4)n3)cc21. The number of fused-ring (bicyclic) bond motifs is 1. The number of likely N-dealkylation sites (tertiary alicyclic amines) is 2. The van der Waals surface area contributed by atoms with Crippen LogP contribution in [0.3, 0.4) is 0 Å². The Kier molecular flexibility index (Phi) is 7.11. The van der Waals surface area contributed by atoms with Crippen molar-refractivity contribution in [3.8, 4) is 11.3 Å². The van der Waals surface area contributed by atoms with E-state index < -0.39 is 0 Å². The van der Waals surface area contributed by atoms with Crippen LogP contribution in [0, 0.1) is 0 Å². The van der Waals surface area contributed by atoms with E-state index in [-0.39, 0.29) is 10.8 Å². The van der Waals surface area contributed by atoms with Crippen LogP contribution in [0.4, 0.5) is 0 Å². The first kappa shape index (κ1) is 25.0. The molecule has 5 heteroatoms. The predicted octanol–water partition coefficient (Wildman–Crippen LogP) is 6.74. The number of amides is 1. The third kappa shape index (κ3) is 5.09. The van der Waals surface area contributed by atoms with Crippen LogP contribution < -0.4 is 0 Å². The molecule has 2 saturated heterocycles. The Labute approximate surface area is 216 Å². The fourth-order valence-corrected chi connectivity index (χ4v) is 7.40. The monoisotopic (exact) mass is 493 g/mol. The highest BCUT2D eigenvalue weighted by molar-refractivity contribution is 7.10. The first-order chi connectivity index (χ1) is 16.8. The van der Waals surface area contributed by atoms with Crippen molar-refractivity contribution in [2.75, 3.05) is 32.7 Å². The smallest absolute Gasteiger partial charge is 0.236 e. The van der Waals surface area contributed by atoms with E-state index in [0.29, 0.717) is 18.4 Å². The van der Waals surface area contributed by atoms with E-state index in [1.807, 2.05) is 11.3 Å². The summed E-state index contributed by atoms with van der Waals surface area (Å²) in [6, 6.07) is 7.14. The zero-order valence-corrected chi connectivity index (χ0v) is 23.1. The van der Waals surface area contributed by atoms with Crippen LogP contribution in [-0.4, -0.2) is 53.4 Å². The van der Waals surface area contributed by atoms with Crippen LogP contribution in [0.15, 0.2) is 23.6 Å². The maximum Gasteiger partial charge on any atom is 0.236 e. The molecule has 0 N–H and O–H groups in total. The largest absolute Gasteiger partial charge is 0.342 e. The Morgan fingerprint density at radius 3 is 2.49 bits per heavy atom. The highest BCUT2D eigenvalue weighted by Crippen LogP contribution is 2.48. The lowest BCUT2D eigenvalue weighted by Gasteiger charge is -2.43. The molecule has 1 aliphatic carbocycles. The number of piperidine rings is 2. The highest BCUT2D eigenvalue weighted by atomic mass is 32.1. The summed E-state index contributed by atoms with van der Waals surface area (Å²) in [6.45, 7) is 14.1. The Morgan fingerprint density at radius 2 is 1.77 bits per heavy atom. The number of carbonyl (C=O) groups is 1. The summed E-state index contributed by atoms with van der Waals surface area (Å²) in [5.74, 6) is 0.849. The molecule has 0 spiro atoms. The van der Waals surface area contributed by atoms with Crippen molar-refractivity contribution in [2.45, 2.75) is 95.8 Å². The van der Waals surface area contributed by atoms with E-state index in [4.69, 9.17) is 4.98 Å². The zero-order valence-electron chi connectivity index (χ0n) is 22.2. The van der Waals surface area contributed by atoms with Gasteiger partial charge in [0, 0.05) is 30.0 Å². The van der Waals surface area contributed by atoms with Crippen LogP contribution in [-0.2, 0) is 15.6 Å². The molecule has 35 heavy (non-hydrogen) atoms. The number of hydrogen-bond donors (Lipinski definition) is 0. The molecular weight excluding hydrogens is 450 g/mol.